The van der Waals surface area contributed by atoms with Crippen LogP contribution in [0.15, 0.2) is 47.6 Å². The number of thioether (sulfide) groups is 1. The molecule has 1 fully saturated rings. The maximum Gasteiger partial charge on any atom is 0.293 e. The van der Waals surface area contributed by atoms with Crippen molar-refractivity contribution >= 4 is 40.5 Å². The fourth-order valence-corrected chi connectivity index (χ4v) is 3.90. The Morgan fingerprint density at radius 1 is 1.27 bits per heavy atom. The lowest BCUT2D eigenvalue weighted by Gasteiger charge is -2.12. The molecule has 1 aromatic carbocycles. The Morgan fingerprint density at radius 2 is 2.03 bits per heavy atom. The normalized spacial score (nSPS) is 15.4. The van der Waals surface area contributed by atoms with Crippen molar-refractivity contribution in [3.63, 3.8) is 0 Å². The van der Waals surface area contributed by atoms with Gasteiger partial charge in [-0.25, -0.2) is 13.9 Å². The number of benzene rings is 1. The number of carbonyl (C=O) groups excluding carboxylic acids is 3. The third kappa shape index (κ3) is 3.81. The van der Waals surface area contributed by atoms with Crippen LogP contribution < -0.4 is 5.32 Å². The molecule has 1 N–H and O–H groups in total. The second-order valence-corrected chi connectivity index (χ2v) is 7.48. The summed E-state index contributed by atoms with van der Waals surface area (Å²) in [7, 11) is 0. The number of hydrogen-bond acceptors (Lipinski definition) is 6. The molecule has 4 rings (SSSR count). The smallest absolute Gasteiger partial charge is 0.293 e. The first kappa shape index (κ1) is 19.8. The fraction of sp³-hybridized carbons (Fsp3) is 0.150. The van der Waals surface area contributed by atoms with E-state index in [1.54, 1.807) is 25.4 Å². The molecular formula is C20H16FN5O3S. The number of aromatic nitrogens is 3. The maximum absolute atomic E-state index is 13.0. The molecule has 0 radical (unpaired) electrons. The number of aryl methyl sites for hydroxylation is 1. The van der Waals surface area contributed by atoms with E-state index < -0.39 is 11.1 Å². The van der Waals surface area contributed by atoms with Crippen LogP contribution in [0.2, 0.25) is 0 Å². The SMILES string of the molecule is Cc1nn2cccnc2c1C(=O)NCCN1C(=O)S/C(=C/c2ccc(F)cc2)C1=O. The van der Waals surface area contributed by atoms with Gasteiger partial charge >= 0.3 is 0 Å². The number of halogens is 1. The molecule has 10 heteroatoms. The monoisotopic (exact) mass is 425 g/mol. The van der Waals surface area contributed by atoms with E-state index in [4.69, 9.17) is 0 Å². The lowest BCUT2D eigenvalue weighted by Crippen LogP contribution is -2.37. The predicted octanol–water partition coefficient (Wildman–Crippen LogP) is 2.64. The van der Waals surface area contributed by atoms with Gasteiger partial charge in [-0.1, -0.05) is 12.1 Å². The first-order valence-electron chi connectivity index (χ1n) is 9.03. The van der Waals surface area contributed by atoms with E-state index in [0.29, 0.717) is 22.5 Å². The summed E-state index contributed by atoms with van der Waals surface area (Å²) in [6.45, 7) is 1.83. The molecule has 3 amide bonds. The van der Waals surface area contributed by atoms with E-state index >= 15 is 0 Å². The molecular weight excluding hydrogens is 409 g/mol. The van der Waals surface area contributed by atoms with Crippen LogP contribution >= 0.6 is 11.8 Å². The van der Waals surface area contributed by atoms with Crippen molar-refractivity contribution in [2.45, 2.75) is 6.92 Å². The molecule has 0 spiro atoms. The zero-order chi connectivity index (χ0) is 21.3. The summed E-state index contributed by atoms with van der Waals surface area (Å²) >= 11 is 0.810. The highest BCUT2D eigenvalue weighted by Crippen LogP contribution is 2.31. The summed E-state index contributed by atoms with van der Waals surface area (Å²) in [4.78, 5) is 42.8. The zero-order valence-electron chi connectivity index (χ0n) is 15.8. The van der Waals surface area contributed by atoms with Gasteiger partial charge < -0.3 is 5.32 Å². The largest absolute Gasteiger partial charge is 0.350 e. The molecule has 0 saturated carbocycles. The molecule has 0 atom stereocenters. The second-order valence-electron chi connectivity index (χ2n) is 6.49. The van der Waals surface area contributed by atoms with Gasteiger partial charge in [0.2, 0.25) is 0 Å². The van der Waals surface area contributed by atoms with E-state index in [1.165, 1.54) is 34.9 Å². The Hall–Kier alpha value is -3.53. The topological polar surface area (TPSA) is 96.7 Å². The summed E-state index contributed by atoms with van der Waals surface area (Å²) in [6.07, 6.45) is 4.80. The van der Waals surface area contributed by atoms with Crippen molar-refractivity contribution < 1.29 is 18.8 Å². The molecule has 3 heterocycles. The van der Waals surface area contributed by atoms with E-state index in [0.717, 1.165) is 16.7 Å². The Morgan fingerprint density at radius 3 is 2.80 bits per heavy atom. The Kier molecular flexibility index (Phi) is 5.32. The number of rotatable bonds is 5. The zero-order valence-corrected chi connectivity index (χ0v) is 16.6. The van der Waals surface area contributed by atoms with Crippen molar-refractivity contribution in [3.8, 4) is 0 Å². The predicted molar refractivity (Wildman–Crippen MR) is 109 cm³/mol. The third-order valence-electron chi connectivity index (χ3n) is 4.46. The van der Waals surface area contributed by atoms with Gasteiger partial charge in [-0.2, -0.15) is 5.10 Å². The summed E-state index contributed by atoms with van der Waals surface area (Å²) in [6, 6.07) is 7.32. The van der Waals surface area contributed by atoms with Gasteiger partial charge in [-0.15, -0.1) is 0 Å². The van der Waals surface area contributed by atoms with Crippen molar-refractivity contribution in [1.82, 2.24) is 24.8 Å². The highest BCUT2D eigenvalue weighted by molar-refractivity contribution is 8.18. The number of carbonyl (C=O) groups is 3. The first-order valence-corrected chi connectivity index (χ1v) is 9.85. The third-order valence-corrected chi connectivity index (χ3v) is 5.37. The van der Waals surface area contributed by atoms with E-state index in [-0.39, 0.29) is 29.7 Å². The minimum Gasteiger partial charge on any atom is -0.350 e. The number of amides is 3. The molecule has 1 saturated heterocycles. The molecule has 3 aromatic rings. The fourth-order valence-electron chi connectivity index (χ4n) is 3.04. The number of imide groups is 1. The highest BCUT2D eigenvalue weighted by atomic mass is 32.2. The van der Waals surface area contributed by atoms with Gasteiger partial charge in [0.15, 0.2) is 5.65 Å². The minimum absolute atomic E-state index is 0.0306. The van der Waals surface area contributed by atoms with Crippen LogP contribution in [0, 0.1) is 12.7 Å². The number of nitrogens with zero attached hydrogens (tertiary/aromatic N) is 4. The molecule has 0 aliphatic carbocycles. The average Bonchev–Trinajstić information content (AvgIpc) is 3.19. The van der Waals surface area contributed by atoms with Crippen LogP contribution in [0.3, 0.4) is 0 Å². The van der Waals surface area contributed by atoms with Crippen LogP contribution in [-0.4, -0.2) is 49.6 Å². The first-order chi connectivity index (χ1) is 14.4. The second kappa shape index (κ2) is 8.07. The minimum atomic E-state index is -0.447. The Labute approximate surface area is 174 Å². The van der Waals surface area contributed by atoms with Gasteiger partial charge in [0, 0.05) is 25.5 Å². The van der Waals surface area contributed by atoms with E-state index in [1.807, 2.05) is 0 Å². The maximum atomic E-state index is 13.0. The average molecular weight is 425 g/mol. The van der Waals surface area contributed by atoms with Gasteiger partial charge in [0.25, 0.3) is 17.1 Å². The van der Waals surface area contributed by atoms with Crippen LogP contribution in [0.4, 0.5) is 9.18 Å². The molecule has 1 aliphatic heterocycles. The summed E-state index contributed by atoms with van der Waals surface area (Å²) in [5.41, 5.74) is 1.92. The summed E-state index contributed by atoms with van der Waals surface area (Å²) < 4.78 is 14.5. The Bertz CT molecular complexity index is 1190. The molecule has 1 aliphatic rings. The van der Waals surface area contributed by atoms with Crippen LogP contribution in [0.25, 0.3) is 11.7 Å². The summed E-state index contributed by atoms with van der Waals surface area (Å²) in [5.74, 6) is -1.21. The summed E-state index contributed by atoms with van der Waals surface area (Å²) in [5, 5.41) is 6.53. The van der Waals surface area contributed by atoms with E-state index in [9.17, 15) is 18.8 Å². The van der Waals surface area contributed by atoms with Gasteiger partial charge in [-0.05, 0) is 48.5 Å². The molecule has 0 bridgehead atoms. The van der Waals surface area contributed by atoms with Crippen molar-refractivity contribution in [2.75, 3.05) is 13.1 Å². The van der Waals surface area contributed by atoms with Gasteiger partial charge in [-0.3, -0.25) is 19.3 Å². The molecule has 152 valence electrons. The van der Waals surface area contributed by atoms with Crippen LogP contribution in [-0.2, 0) is 4.79 Å². The van der Waals surface area contributed by atoms with Crippen molar-refractivity contribution in [2.24, 2.45) is 0 Å². The molecule has 2 aromatic heterocycles. The van der Waals surface area contributed by atoms with Crippen LogP contribution in [0.1, 0.15) is 21.6 Å². The van der Waals surface area contributed by atoms with Crippen LogP contribution in [0.5, 0.6) is 0 Å². The van der Waals surface area contributed by atoms with Crippen molar-refractivity contribution in [1.29, 1.82) is 0 Å². The van der Waals surface area contributed by atoms with Crippen molar-refractivity contribution in [3.05, 3.63) is 70.3 Å². The Balaban J connectivity index is 1.40. The number of fused-ring (bicyclic) bond motifs is 1. The lowest BCUT2D eigenvalue weighted by molar-refractivity contribution is -0.122. The number of nitrogens with one attached hydrogen (secondary N) is 1. The quantitative estimate of drug-likeness (QED) is 0.632. The number of hydrogen-bond donors (Lipinski definition) is 1. The highest BCUT2D eigenvalue weighted by Gasteiger charge is 2.34. The molecule has 0 unspecified atom stereocenters. The lowest BCUT2D eigenvalue weighted by atomic mass is 10.2. The van der Waals surface area contributed by atoms with Gasteiger partial charge in [0.1, 0.15) is 11.4 Å². The molecule has 30 heavy (non-hydrogen) atoms. The van der Waals surface area contributed by atoms with Gasteiger partial charge in [0.05, 0.1) is 10.6 Å². The molecule has 8 nitrogen and oxygen atoms in total. The standard InChI is InChI=1S/C20H16FN5O3S/c1-12-16(17-22-7-2-9-26(17)24-12)18(27)23-8-10-25-19(28)15(30-20(25)29)11-13-3-5-14(21)6-4-13/h2-7,9,11H,8,10H2,1H3,(H,23,27)/b15-11+. The van der Waals surface area contributed by atoms with E-state index in [2.05, 4.69) is 15.4 Å².